The predicted molar refractivity (Wildman–Crippen MR) is 126 cm³/mol. The monoisotopic (exact) mass is 502 g/mol. The molecule has 162 valence electrons. The maximum Gasteiger partial charge on any atom is 0.234 e. The van der Waals surface area contributed by atoms with Crippen LogP contribution in [0.4, 0.5) is 5.69 Å². The van der Waals surface area contributed by atoms with Gasteiger partial charge in [-0.25, -0.2) is 0 Å². The molecule has 0 spiro atoms. The van der Waals surface area contributed by atoms with Crippen molar-refractivity contribution in [2.75, 3.05) is 18.2 Å². The second-order valence-corrected chi connectivity index (χ2v) is 8.36. The second kappa shape index (κ2) is 11.0. The maximum atomic E-state index is 12.4. The molecule has 0 unspecified atom stereocenters. The van der Waals surface area contributed by atoms with E-state index in [1.54, 1.807) is 13.2 Å². The van der Waals surface area contributed by atoms with E-state index in [0.717, 1.165) is 21.5 Å². The van der Waals surface area contributed by atoms with Crippen LogP contribution in [0.2, 0.25) is 0 Å². The molecular weight excluding hydrogens is 480 g/mol. The molecule has 0 aliphatic heterocycles. The van der Waals surface area contributed by atoms with Gasteiger partial charge >= 0.3 is 0 Å². The summed E-state index contributed by atoms with van der Waals surface area (Å²) in [5, 5.41) is 12.0. The molecule has 0 aliphatic rings. The number of thioether (sulfide) groups is 1. The van der Waals surface area contributed by atoms with Gasteiger partial charge in [-0.05, 0) is 55.0 Å². The first-order valence-electron chi connectivity index (χ1n) is 9.48. The van der Waals surface area contributed by atoms with Gasteiger partial charge in [-0.15, -0.1) is 16.8 Å². The lowest BCUT2D eigenvalue weighted by Crippen LogP contribution is -2.15. The minimum atomic E-state index is -0.115. The Hall–Kier alpha value is -2.78. The lowest BCUT2D eigenvalue weighted by Gasteiger charge is -2.10. The van der Waals surface area contributed by atoms with Gasteiger partial charge in [0.1, 0.15) is 18.1 Å². The van der Waals surface area contributed by atoms with Gasteiger partial charge in [0.15, 0.2) is 11.0 Å². The van der Waals surface area contributed by atoms with E-state index in [-0.39, 0.29) is 18.3 Å². The third-order valence-corrected chi connectivity index (χ3v) is 6.16. The van der Waals surface area contributed by atoms with Gasteiger partial charge in [0.25, 0.3) is 0 Å². The van der Waals surface area contributed by atoms with E-state index in [0.29, 0.717) is 23.3 Å². The van der Waals surface area contributed by atoms with Crippen LogP contribution >= 0.6 is 27.7 Å². The van der Waals surface area contributed by atoms with Crippen molar-refractivity contribution in [3.8, 4) is 11.5 Å². The molecule has 0 bridgehead atoms. The van der Waals surface area contributed by atoms with Crippen molar-refractivity contribution in [2.24, 2.45) is 0 Å². The first kappa shape index (κ1) is 22.9. The molecule has 2 aromatic carbocycles. The minimum absolute atomic E-state index is 0.115. The number of aryl methyl sites for hydroxylation is 1. The first-order chi connectivity index (χ1) is 15.0. The first-order valence-corrected chi connectivity index (χ1v) is 11.3. The van der Waals surface area contributed by atoms with Crippen molar-refractivity contribution < 1.29 is 14.3 Å². The molecule has 1 amide bonds. The van der Waals surface area contributed by atoms with E-state index in [2.05, 4.69) is 38.0 Å². The number of rotatable bonds is 10. The lowest BCUT2D eigenvalue weighted by atomic mass is 10.2. The highest BCUT2D eigenvalue weighted by atomic mass is 79.9. The summed E-state index contributed by atoms with van der Waals surface area (Å²) in [6, 6.07) is 13.0. The number of amides is 1. The van der Waals surface area contributed by atoms with Gasteiger partial charge in [-0.1, -0.05) is 33.8 Å². The van der Waals surface area contributed by atoms with Crippen molar-refractivity contribution in [3.63, 3.8) is 0 Å². The van der Waals surface area contributed by atoms with Crippen molar-refractivity contribution >= 4 is 39.3 Å². The number of carbonyl (C=O) groups is 1. The molecule has 3 rings (SSSR count). The van der Waals surface area contributed by atoms with Gasteiger partial charge in [-0.3, -0.25) is 9.36 Å². The molecular formula is C22H23BrN4O3S. The summed E-state index contributed by atoms with van der Waals surface area (Å²) in [6.45, 7) is 6.54. The fraction of sp³-hybridized carbons (Fsp3) is 0.227. The number of carbonyl (C=O) groups excluding carboxylic acids is 1. The average Bonchev–Trinajstić information content (AvgIpc) is 3.15. The largest absolute Gasteiger partial charge is 0.497 e. The fourth-order valence-electron chi connectivity index (χ4n) is 2.71. The Labute approximate surface area is 194 Å². The summed E-state index contributed by atoms with van der Waals surface area (Å²) < 4.78 is 13.9. The third-order valence-electron chi connectivity index (χ3n) is 4.31. The van der Waals surface area contributed by atoms with Crippen LogP contribution in [-0.2, 0) is 17.9 Å². The average molecular weight is 503 g/mol. The Balaban J connectivity index is 1.60. The summed E-state index contributed by atoms with van der Waals surface area (Å²) in [5.74, 6) is 2.21. The van der Waals surface area contributed by atoms with E-state index < -0.39 is 0 Å². The molecule has 0 saturated carbocycles. The summed E-state index contributed by atoms with van der Waals surface area (Å²) in [6.07, 6.45) is 1.76. The Bertz CT molecular complexity index is 1050. The summed E-state index contributed by atoms with van der Waals surface area (Å²) >= 11 is 4.77. The number of anilines is 1. The van der Waals surface area contributed by atoms with E-state index >= 15 is 0 Å². The van der Waals surface area contributed by atoms with E-state index in [1.807, 2.05) is 54.0 Å². The highest BCUT2D eigenvalue weighted by Gasteiger charge is 2.14. The summed E-state index contributed by atoms with van der Waals surface area (Å²) in [7, 11) is 1.62. The minimum Gasteiger partial charge on any atom is -0.497 e. The SMILES string of the molecule is C=CCn1c(COc2ccc(OC)cc2)nnc1SCC(=O)Nc1ccc(Br)c(C)c1. The molecule has 0 saturated heterocycles. The number of ether oxygens (including phenoxy) is 2. The maximum absolute atomic E-state index is 12.4. The Morgan fingerprint density at radius 3 is 2.65 bits per heavy atom. The lowest BCUT2D eigenvalue weighted by molar-refractivity contribution is -0.113. The Kier molecular flexibility index (Phi) is 8.13. The van der Waals surface area contributed by atoms with Gasteiger partial charge in [0.05, 0.1) is 12.9 Å². The molecule has 0 aliphatic carbocycles. The smallest absolute Gasteiger partial charge is 0.234 e. The zero-order valence-electron chi connectivity index (χ0n) is 17.3. The third kappa shape index (κ3) is 6.35. The molecule has 31 heavy (non-hydrogen) atoms. The number of halogens is 1. The topological polar surface area (TPSA) is 78.3 Å². The molecule has 0 fully saturated rings. The van der Waals surface area contributed by atoms with Crippen LogP contribution in [-0.4, -0.2) is 33.5 Å². The zero-order chi connectivity index (χ0) is 22.2. The molecule has 1 N–H and O–H groups in total. The number of nitrogens with one attached hydrogen (secondary N) is 1. The normalized spacial score (nSPS) is 10.5. The van der Waals surface area contributed by atoms with Crippen LogP contribution in [0.25, 0.3) is 0 Å². The second-order valence-electron chi connectivity index (χ2n) is 6.56. The van der Waals surface area contributed by atoms with Gasteiger partial charge in [0, 0.05) is 16.7 Å². The molecule has 0 radical (unpaired) electrons. The van der Waals surface area contributed by atoms with Crippen molar-refractivity contribution in [2.45, 2.75) is 25.2 Å². The molecule has 0 atom stereocenters. The van der Waals surface area contributed by atoms with Gasteiger partial charge in [0.2, 0.25) is 5.91 Å². The van der Waals surface area contributed by atoms with E-state index in [1.165, 1.54) is 11.8 Å². The van der Waals surface area contributed by atoms with Crippen LogP contribution < -0.4 is 14.8 Å². The van der Waals surface area contributed by atoms with Gasteiger partial charge in [-0.2, -0.15) is 0 Å². The highest BCUT2D eigenvalue weighted by molar-refractivity contribution is 9.10. The van der Waals surface area contributed by atoms with Crippen LogP contribution in [0, 0.1) is 6.92 Å². The van der Waals surface area contributed by atoms with Crippen molar-refractivity contribution in [1.29, 1.82) is 0 Å². The standard InChI is InChI=1S/C22H23BrN4O3S/c1-4-11-27-20(13-30-18-8-6-17(29-3)7-9-18)25-26-22(27)31-14-21(28)24-16-5-10-19(23)15(2)12-16/h4-10,12H,1,11,13-14H2,2-3H3,(H,24,28). The van der Waals surface area contributed by atoms with Crippen molar-refractivity contribution in [1.82, 2.24) is 14.8 Å². The number of hydrogen-bond acceptors (Lipinski definition) is 6. The fourth-order valence-corrected chi connectivity index (χ4v) is 3.73. The molecule has 1 aromatic heterocycles. The predicted octanol–water partition coefficient (Wildman–Crippen LogP) is 4.85. The number of methoxy groups -OCH3 is 1. The summed E-state index contributed by atoms with van der Waals surface area (Å²) in [5.41, 5.74) is 1.81. The summed E-state index contributed by atoms with van der Waals surface area (Å²) in [4.78, 5) is 12.4. The number of hydrogen-bond donors (Lipinski definition) is 1. The Morgan fingerprint density at radius 2 is 1.97 bits per heavy atom. The quantitative estimate of drug-likeness (QED) is 0.315. The zero-order valence-corrected chi connectivity index (χ0v) is 19.7. The molecule has 7 nitrogen and oxygen atoms in total. The molecule has 1 heterocycles. The van der Waals surface area contributed by atoms with Crippen LogP contribution in [0.15, 0.2) is 64.7 Å². The number of aromatic nitrogens is 3. The van der Waals surface area contributed by atoms with Crippen LogP contribution in [0.1, 0.15) is 11.4 Å². The molecule has 9 heteroatoms. The Morgan fingerprint density at radius 1 is 1.23 bits per heavy atom. The van der Waals surface area contributed by atoms with E-state index in [4.69, 9.17) is 9.47 Å². The number of benzene rings is 2. The van der Waals surface area contributed by atoms with Gasteiger partial charge < -0.3 is 14.8 Å². The number of nitrogens with zero attached hydrogens (tertiary/aromatic N) is 3. The molecule has 3 aromatic rings. The highest BCUT2D eigenvalue weighted by Crippen LogP contribution is 2.22. The van der Waals surface area contributed by atoms with Crippen molar-refractivity contribution in [3.05, 3.63) is 71.0 Å². The van der Waals surface area contributed by atoms with E-state index in [9.17, 15) is 4.79 Å². The number of allylic oxidation sites excluding steroid dienone is 1. The van der Waals surface area contributed by atoms with Crippen LogP contribution in [0.3, 0.4) is 0 Å². The van der Waals surface area contributed by atoms with Crippen LogP contribution in [0.5, 0.6) is 11.5 Å².